The number of hydrogen-bond donors (Lipinski definition) is 2. The number of phenols is 1. The third kappa shape index (κ3) is 1.66. The first kappa shape index (κ1) is 10.6. The molecule has 90 valence electrons. The molecule has 2 heterocycles. The Labute approximate surface area is 104 Å². The van der Waals surface area contributed by atoms with E-state index in [4.69, 9.17) is 5.73 Å². The number of phenolic OH excluding ortho intramolecular Hbond substituents is 1. The maximum atomic E-state index is 9.75. The van der Waals surface area contributed by atoms with Gasteiger partial charge in [-0.05, 0) is 18.2 Å². The highest BCUT2D eigenvalue weighted by Gasteiger charge is 2.09. The largest absolute Gasteiger partial charge is 0.508 e. The Hall–Kier alpha value is -2.56. The molecule has 5 heteroatoms. The fourth-order valence-electron chi connectivity index (χ4n) is 1.94. The summed E-state index contributed by atoms with van der Waals surface area (Å²) in [6, 6.07) is 10.8. The number of nitrogens with zero attached hydrogens (tertiary/aromatic N) is 3. The van der Waals surface area contributed by atoms with Gasteiger partial charge in [0.25, 0.3) is 0 Å². The van der Waals surface area contributed by atoms with Crippen molar-refractivity contribution in [3.8, 4) is 5.75 Å². The molecule has 0 radical (unpaired) electrons. The van der Waals surface area contributed by atoms with Crippen LogP contribution in [-0.2, 0) is 6.42 Å². The van der Waals surface area contributed by atoms with Crippen molar-refractivity contribution in [2.45, 2.75) is 6.42 Å². The lowest BCUT2D eigenvalue weighted by molar-refractivity contribution is 0.469. The molecule has 0 unspecified atom stereocenters. The first-order valence-corrected chi connectivity index (χ1v) is 5.60. The number of aromatic hydroxyl groups is 1. The molecule has 0 amide bonds. The first-order valence-electron chi connectivity index (χ1n) is 5.60. The molecule has 1 aromatic carbocycles. The van der Waals surface area contributed by atoms with Gasteiger partial charge in [-0.1, -0.05) is 18.2 Å². The highest BCUT2D eigenvalue weighted by molar-refractivity contribution is 5.63. The monoisotopic (exact) mass is 240 g/mol. The van der Waals surface area contributed by atoms with E-state index in [0.717, 1.165) is 11.4 Å². The van der Waals surface area contributed by atoms with Crippen molar-refractivity contribution in [1.82, 2.24) is 14.6 Å². The smallest absolute Gasteiger partial charge is 0.183 e. The van der Waals surface area contributed by atoms with Gasteiger partial charge in [-0.2, -0.15) is 0 Å². The van der Waals surface area contributed by atoms with Crippen LogP contribution in [0.2, 0.25) is 0 Å². The number of nitrogens with two attached hydrogens (primary N) is 1. The van der Waals surface area contributed by atoms with Gasteiger partial charge in [-0.15, -0.1) is 10.2 Å². The molecule has 0 aliphatic heterocycles. The number of fused-ring (bicyclic) bond motifs is 1. The van der Waals surface area contributed by atoms with Crippen LogP contribution in [0, 0.1) is 0 Å². The van der Waals surface area contributed by atoms with E-state index in [0.29, 0.717) is 17.8 Å². The molecule has 3 N–H and O–H groups in total. The van der Waals surface area contributed by atoms with Gasteiger partial charge in [-0.25, -0.2) is 0 Å². The Morgan fingerprint density at radius 2 is 1.94 bits per heavy atom. The fraction of sp³-hybridized carbons (Fsp3) is 0.0769. The van der Waals surface area contributed by atoms with Crippen LogP contribution in [0.4, 0.5) is 5.69 Å². The maximum absolute atomic E-state index is 9.75. The van der Waals surface area contributed by atoms with Gasteiger partial charge in [0, 0.05) is 18.2 Å². The van der Waals surface area contributed by atoms with Crippen LogP contribution in [-0.4, -0.2) is 19.7 Å². The summed E-state index contributed by atoms with van der Waals surface area (Å²) >= 11 is 0. The summed E-state index contributed by atoms with van der Waals surface area (Å²) in [7, 11) is 0. The van der Waals surface area contributed by atoms with Crippen LogP contribution in [0.1, 0.15) is 11.4 Å². The molecule has 0 aliphatic carbocycles. The Balaban J connectivity index is 2.06. The predicted octanol–water partition coefficient (Wildman–Crippen LogP) is 1.61. The zero-order valence-corrected chi connectivity index (χ0v) is 9.61. The van der Waals surface area contributed by atoms with Gasteiger partial charge in [0.2, 0.25) is 0 Å². The van der Waals surface area contributed by atoms with Crippen molar-refractivity contribution in [1.29, 1.82) is 0 Å². The van der Waals surface area contributed by atoms with Crippen LogP contribution >= 0.6 is 0 Å². The van der Waals surface area contributed by atoms with Crippen molar-refractivity contribution >= 4 is 11.3 Å². The maximum Gasteiger partial charge on any atom is 0.183 e. The minimum Gasteiger partial charge on any atom is -0.508 e. The van der Waals surface area contributed by atoms with Gasteiger partial charge in [0.05, 0.1) is 5.69 Å². The van der Waals surface area contributed by atoms with Crippen molar-refractivity contribution in [2.24, 2.45) is 0 Å². The molecule has 3 rings (SSSR count). The highest BCUT2D eigenvalue weighted by atomic mass is 16.3. The molecule has 0 saturated carbocycles. The predicted molar refractivity (Wildman–Crippen MR) is 68.3 cm³/mol. The van der Waals surface area contributed by atoms with Gasteiger partial charge < -0.3 is 10.8 Å². The molecular weight excluding hydrogens is 228 g/mol. The topological polar surface area (TPSA) is 76.4 Å². The number of para-hydroxylation sites is 1. The molecular formula is C13H12N4O. The second kappa shape index (κ2) is 4.03. The van der Waals surface area contributed by atoms with Crippen LogP contribution in [0.3, 0.4) is 0 Å². The summed E-state index contributed by atoms with van der Waals surface area (Å²) in [5, 5.41) is 17.9. The fourth-order valence-corrected chi connectivity index (χ4v) is 1.94. The van der Waals surface area contributed by atoms with Crippen LogP contribution in [0.5, 0.6) is 5.75 Å². The molecule has 0 atom stereocenters. The molecule has 3 aromatic rings. The average Bonchev–Trinajstić information content (AvgIpc) is 2.77. The third-order valence-corrected chi connectivity index (χ3v) is 2.88. The molecule has 0 bridgehead atoms. The lowest BCUT2D eigenvalue weighted by atomic mass is 10.1. The molecule has 0 aliphatic rings. The Morgan fingerprint density at radius 1 is 1.11 bits per heavy atom. The SMILES string of the molecule is Nc1cccn2c(Cc3ccccc3O)nnc12. The van der Waals surface area contributed by atoms with E-state index in [-0.39, 0.29) is 5.75 Å². The molecule has 2 aromatic heterocycles. The Bertz CT molecular complexity index is 705. The van der Waals surface area contributed by atoms with E-state index < -0.39 is 0 Å². The quantitative estimate of drug-likeness (QED) is 0.713. The number of nitrogen functional groups attached to an aromatic ring is 1. The summed E-state index contributed by atoms with van der Waals surface area (Å²) in [5.74, 6) is 1.01. The lowest BCUT2D eigenvalue weighted by Crippen LogP contribution is -1.98. The molecule has 0 fully saturated rings. The highest BCUT2D eigenvalue weighted by Crippen LogP contribution is 2.20. The summed E-state index contributed by atoms with van der Waals surface area (Å²) < 4.78 is 1.84. The standard InChI is InChI=1S/C13H12N4O/c14-10-5-3-7-17-12(15-16-13(10)17)8-9-4-1-2-6-11(9)18/h1-7,18H,8,14H2. The number of benzene rings is 1. The zero-order chi connectivity index (χ0) is 12.5. The zero-order valence-electron chi connectivity index (χ0n) is 9.61. The van der Waals surface area contributed by atoms with E-state index in [2.05, 4.69) is 10.2 Å². The molecule has 0 spiro atoms. The van der Waals surface area contributed by atoms with Crippen molar-refractivity contribution in [2.75, 3.05) is 5.73 Å². The van der Waals surface area contributed by atoms with E-state index in [1.54, 1.807) is 18.2 Å². The van der Waals surface area contributed by atoms with E-state index >= 15 is 0 Å². The van der Waals surface area contributed by atoms with Crippen molar-refractivity contribution < 1.29 is 5.11 Å². The van der Waals surface area contributed by atoms with Gasteiger partial charge in [0.15, 0.2) is 5.65 Å². The molecule has 0 saturated heterocycles. The average molecular weight is 240 g/mol. The van der Waals surface area contributed by atoms with Crippen molar-refractivity contribution in [3.05, 3.63) is 54.0 Å². The van der Waals surface area contributed by atoms with Crippen LogP contribution in [0.15, 0.2) is 42.6 Å². The Morgan fingerprint density at radius 3 is 2.78 bits per heavy atom. The minimum atomic E-state index is 0.262. The summed E-state index contributed by atoms with van der Waals surface area (Å²) in [6.07, 6.45) is 2.37. The minimum absolute atomic E-state index is 0.262. The van der Waals surface area contributed by atoms with E-state index in [1.165, 1.54) is 0 Å². The van der Waals surface area contributed by atoms with Crippen LogP contribution in [0.25, 0.3) is 5.65 Å². The summed E-state index contributed by atoms with van der Waals surface area (Å²) in [5.41, 5.74) is 7.87. The normalized spacial score (nSPS) is 10.9. The third-order valence-electron chi connectivity index (χ3n) is 2.88. The van der Waals surface area contributed by atoms with Gasteiger partial charge in [-0.3, -0.25) is 4.40 Å². The second-order valence-electron chi connectivity index (χ2n) is 4.08. The molecule has 5 nitrogen and oxygen atoms in total. The number of pyridine rings is 1. The van der Waals surface area contributed by atoms with Gasteiger partial charge in [0.1, 0.15) is 11.6 Å². The van der Waals surface area contributed by atoms with E-state index in [1.807, 2.05) is 28.8 Å². The first-order chi connectivity index (χ1) is 8.75. The Kier molecular flexibility index (Phi) is 2.37. The van der Waals surface area contributed by atoms with Crippen LogP contribution < -0.4 is 5.73 Å². The summed E-state index contributed by atoms with van der Waals surface area (Å²) in [4.78, 5) is 0. The van der Waals surface area contributed by atoms with Crippen molar-refractivity contribution in [3.63, 3.8) is 0 Å². The lowest BCUT2D eigenvalue weighted by Gasteiger charge is -2.03. The summed E-state index contributed by atoms with van der Waals surface area (Å²) in [6.45, 7) is 0. The van der Waals surface area contributed by atoms with Gasteiger partial charge >= 0.3 is 0 Å². The van der Waals surface area contributed by atoms with E-state index in [9.17, 15) is 5.11 Å². The number of hydrogen-bond acceptors (Lipinski definition) is 4. The number of rotatable bonds is 2. The second-order valence-corrected chi connectivity index (χ2v) is 4.08. The number of anilines is 1. The molecule has 18 heavy (non-hydrogen) atoms. The number of aromatic nitrogens is 3.